The van der Waals surface area contributed by atoms with Gasteiger partial charge < -0.3 is 19.5 Å². The van der Waals surface area contributed by atoms with Crippen LogP contribution >= 0.6 is 0 Å². The molecule has 0 heterocycles. The first-order valence-corrected chi connectivity index (χ1v) is 8.88. The molecule has 0 bridgehead atoms. The summed E-state index contributed by atoms with van der Waals surface area (Å²) < 4.78 is 15.6. The Morgan fingerprint density at radius 1 is 1.07 bits per heavy atom. The van der Waals surface area contributed by atoms with Gasteiger partial charge in [0.15, 0.2) is 0 Å². The molecule has 28 heavy (non-hydrogen) atoms. The fourth-order valence-electron chi connectivity index (χ4n) is 2.60. The number of ether oxygens (including phenoxy) is 3. The summed E-state index contributed by atoms with van der Waals surface area (Å²) in [6.45, 7) is 0.591. The SMILES string of the molecule is COc1ccc(CNC(=O)OCCCCc2ccc([N+](=O)[O-])cc2)c(OC)c1. The van der Waals surface area contributed by atoms with Crippen LogP contribution in [0.15, 0.2) is 42.5 Å². The van der Waals surface area contributed by atoms with E-state index in [2.05, 4.69) is 5.32 Å². The molecule has 150 valence electrons. The van der Waals surface area contributed by atoms with Crippen LogP contribution in [0.5, 0.6) is 11.5 Å². The van der Waals surface area contributed by atoms with Gasteiger partial charge in [-0.15, -0.1) is 0 Å². The minimum Gasteiger partial charge on any atom is -0.497 e. The van der Waals surface area contributed by atoms with Crippen molar-refractivity contribution in [1.82, 2.24) is 5.32 Å². The first kappa shape index (κ1) is 21.0. The number of aryl methyl sites for hydroxylation is 1. The number of benzene rings is 2. The molecular formula is C20H24N2O6. The molecule has 0 spiro atoms. The number of carbonyl (C=O) groups excluding carboxylic acids is 1. The molecule has 8 nitrogen and oxygen atoms in total. The maximum absolute atomic E-state index is 11.8. The molecule has 0 saturated carbocycles. The third-order valence-electron chi connectivity index (χ3n) is 4.16. The minimum atomic E-state index is -0.492. The van der Waals surface area contributed by atoms with Gasteiger partial charge in [-0.05, 0) is 37.0 Å². The van der Waals surface area contributed by atoms with E-state index < -0.39 is 11.0 Å². The van der Waals surface area contributed by atoms with E-state index in [0.717, 1.165) is 24.0 Å². The lowest BCUT2D eigenvalue weighted by Gasteiger charge is -2.11. The summed E-state index contributed by atoms with van der Waals surface area (Å²) in [5.74, 6) is 1.30. The number of hydrogen-bond acceptors (Lipinski definition) is 6. The number of nitro groups is 1. The molecule has 0 saturated heterocycles. The van der Waals surface area contributed by atoms with Crippen molar-refractivity contribution in [1.29, 1.82) is 0 Å². The Morgan fingerprint density at radius 3 is 2.46 bits per heavy atom. The smallest absolute Gasteiger partial charge is 0.407 e. The van der Waals surface area contributed by atoms with Gasteiger partial charge in [0.25, 0.3) is 5.69 Å². The van der Waals surface area contributed by atoms with Crippen molar-refractivity contribution in [3.8, 4) is 11.5 Å². The molecule has 0 fully saturated rings. The van der Waals surface area contributed by atoms with Crippen LogP contribution in [0.3, 0.4) is 0 Å². The lowest BCUT2D eigenvalue weighted by Crippen LogP contribution is -2.24. The fourth-order valence-corrected chi connectivity index (χ4v) is 2.60. The Morgan fingerprint density at radius 2 is 1.82 bits per heavy atom. The zero-order chi connectivity index (χ0) is 20.4. The van der Waals surface area contributed by atoms with E-state index >= 15 is 0 Å². The molecule has 2 aromatic rings. The first-order chi connectivity index (χ1) is 13.5. The van der Waals surface area contributed by atoms with Crippen LogP contribution in [-0.4, -0.2) is 31.8 Å². The number of alkyl carbamates (subject to hydrolysis) is 1. The summed E-state index contributed by atoms with van der Waals surface area (Å²) in [4.78, 5) is 22.0. The van der Waals surface area contributed by atoms with Crippen molar-refractivity contribution in [2.24, 2.45) is 0 Å². The average molecular weight is 388 g/mol. The standard InChI is InChI=1S/C20H24N2O6/c1-26-18-11-8-16(19(13-18)27-2)14-21-20(23)28-12-4-3-5-15-6-9-17(10-7-15)22(24)25/h6-11,13H,3-5,12,14H2,1-2H3,(H,21,23). The Kier molecular flexibility index (Phi) is 8.08. The molecule has 2 aromatic carbocycles. The maximum atomic E-state index is 11.8. The van der Waals surface area contributed by atoms with Crippen LogP contribution in [0.1, 0.15) is 24.0 Å². The van der Waals surface area contributed by atoms with Gasteiger partial charge in [0.05, 0.1) is 25.7 Å². The average Bonchev–Trinajstić information content (AvgIpc) is 2.72. The Labute approximate surface area is 163 Å². The maximum Gasteiger partial charge on any atom is 0.407 e. The van der Waals surface area contributed by atoms with E-state index in [4.69, 9.17) is 14.2 Å². The van der Waals surface area contributed by atoms with Crippen LogP contribution in [0.25, 0.3) is 0 Å². The van der Waals surface area contributed by atoms with Crippen LogP contribution in [0.2, 0.25) is 0 Å². The van der Waals surface area contributed by atoms with E-state index in [1.807, 2.05) is 6.07 Å². The number of amides is 1. The van der Waals surface area contributed by atoms with Crippen LogP contribution in [0, 0.1) is 10.1 Å². The molecule has 0 unspecified atom stereocenters. The van der Waals surface area contributed by atoms with Gasteiger partial charge in [0.2, 0.25) is 0 Å². The lowest BCUT2D eigenvalue weighted by molar-refractivity contribution is -0.384. The van der Waals surface area contributed by atoms with Gasteiger partial charge in [-0.1, -0.05) is 12.1 Å². The van der Waals surface area contributed by atoms with Gasteiger partial charge in [-0.3, -0.25) is 10.1 Å². The monoisotopic (exact) mass is 388 g/mol. The van der Waals surface area contributed by atoms with Crippen molar-refractivity contribution in [2.75, 3.05) is 20.8 Å². The zero-order valence-corrected chi connectivity index (χ0v) is 16.0. The van der Waals surface area contributed by atoms with Gasteiger partial charge in [-0.25, -0.2) is 4.79 Å². The molecule has 1 N–H and O–H groups in total. The number of carbonyl (C=O) groups is 1. The lowest BCUT2D eigenvalue weighted by atomic mass is 10.1. The third kappa shape index (κ3) is 6.46. The van der Waals surface area contributed by atoms with Crippen molar-refractivity contribution in [3.05, 3.63) is 63.7 Å². The number of hydrogen-bond donors (Lipinski definition) is 1. The normalized spacial score (nSPS) is 10.2. The van der Waals surface area contributed by atoms with Crippen LogP contribution in [0.4, 0.5) is 10.5 Å². The quantitative estimate of drug-likeness (QED) is 0.377. The Bertz CT molecular complexity index is 792. The number of unbranched alkanes of at least 4 members (excludes halogenated alkanes) is 1. The summed E-state index contributed by atoms with van der Waals surface area (Å²) in [5.41, 5.74) is 1.91. The van der Waals surface area contributed by atoms with Gasteiger partial charge in [0, 0.05) is 30.3 Å². The van der Waals surface area contributed by atoms with Gasteiger partial charge in [-0.2, -0.15) is 0 Å². The molecule has 1 amide bonds. The third-order valence-corrected chi connectivity index (χ3v) is 4.16. The van der Waals surface area contributed by atoms with E-state index in [1.165, 1.54) is 12.1 Å². The topological polar surface area (TPSA) is 99.9 Å². The van der Waals surface area contributed by atoms with Crippen molar-refractivity contribution in [3.63, 3.8) is 0 Å². The highest BCUT2D eigenvalue weighted by molar-refractivity contribution is 5.67. The summed E-state index contributed by atoms with van der Waals surface area (Å²) >= 11 is 0. The van der Waals surface area contributed by atoms with Crippen molar-refractivity contribution < 1.29 is 23.9 Å². The number of non-ortho nitro benzene ring substituents is 1. The predicted octanol–water partition coefficient (Wildman–Crippen LogP) is 3.86. The number of nitrogens with zero attached hydrogens (tertiary/aromatic N) is 1. The molecule has 0 radical (unpaired) electrons. The molecule has 2 rings (SSSR count). The van der Waals surface area contributed by atoms with E-state index in [-0.39, 0.29) is 12.2 Å². The Hall–Kier alpha value is -3.29. The second kappa shape index (κ2) is 10.8. The molecule has 0 aliphatic rings. The summed E-state index contributed by atoms with van der Waals surface area (Å²) in [5, 5.41) is 13.3. The summed E-state index contributed by atoms with van der Waals surface area (Å²) in [6, 6.07) is 11.8. The van der Waals surface area contributed by atoms with E-state index in [9.17, 15) is 14.9 Å². The highest BCUT2D eigenvalue weighted by Crippen LogP contribution is 2.24. The van der Waals surface area contributed by atoms with Crippen molar-refractivity contribution >= 4 is 11.8 Å². The highest BCUT2D eigenvalue weighted by atomic mass is 16.6. The number of rotatable bonds is 10. The number of nitro benzene ring substituents is 1. The molecule has 0 aromatic heterocycles. The summed E-state index contributed by atoms with van der Waals surface area (Å²) in [7, 11) is 3.13. The fraction of sp³-hybridized carbons (Fsp3) is 0.350. The predicted molar refractivity (Wildman–Crippen MR) is 104 cm³/mol. The zero-order valence-electron chi connectivity index (χ0n) is 16.0. The Balaban J connectivity index is 1.65. The molecule has 0 aliphatic carbocycles. The highest BCUT2D eigenvalue weighted by Gasteiger charge is 2.08. The summed E-state index contributed by atoms with van der Waals surface area (Å²) in [6.07, 6.45) is 1.80. The molecule has 0 atom stereocenters. The van der Waals surface area contributed by atoms with E-state index in [1.54, 1.807) is 38.5 Å². The second-order valence-electron chi connectivity index (χ2n) is 6.05. The first-order valence-electron chi connectivity index (χ1n) is 8.88. The van der Waals surface area contributed by atoms with E-state index in [0.29, 0.717) is 24.5 Å². The molecular weight excluding hydrogens is 364 g/mol. The largest absolute Gasteiger partial charge is 0.497 e. The number of methoxy groups -OCH3 is 2. The second-order valence-corrected chi connectivity index (χ2v) is 6.05. The minimum absolute atomic E-state index is 0.0808. The van der Waals surface area contributed by atoms with Crippen LogP contribution < -0.4 is 14.8 Å². The molecule has 0 aliphatic heterocycles. The van der Waals surface area contributed by atoms with Crippen molar-refractivity contribution in [2.45, 2.75) is 25.8 Å². The van der Waals surface area contributed by atoms with Gasteiger partial charge >= 0.3 is 6.09 Å². The number of nitrogens with one attached hydrogen (secondary N) is 1. The molecule has 8 heteroatoms. The van der Waals surface area contributed by atoms with Crippen LogP contribution in [-0.2, 0) is 17.7 Å². The van der Waals surface area contributed by atoms with Gasteiger partial charge in [0.1, 0.15) is 11.5 Å².